The summed E-state index contributed by atoms with van der Waals surface area (Å²) in [6.45, 7) is 16.5. The smallest absolute Gasteiger partial charge is 0.252 e. The summed E-state index contributed by atoms with van der Waals surface area (Å²) in [5.41, 5.74) is 5.61. The van der Waals surface area contributed by atoms with Gasteiger partial charge in [-0.1, -0.05) is 43.3 Å². The third-order valence-corrected chi connectivity index (χ3v) is 7.68. The van der Waals surface area contributed by atoms with E-state index in [9.17, 15) is 9.59 Å². The quantitative estimate of drug-likeness (QED) is 0.458. The van der Waals surface area contributed by atoms with Gasteiger partial charge in [0.05, 0.1) is 23.3 Å². The second-order valence-corrected chi connectivity index (χ2v) is 12.3. The minimum atomic E-state index is -0.149. The summed E-state index contributed by atoms with van der Waals surface area (Å²) in [6.07, 6.45) is 7.03. The van der Waals surface area contributed by atoms with Gasteiger partial charge in [-0.3, -0.25) is 14.3 Å². The standard InChI is InChI=1S/C29H38BrN5O2/c1-18-13-19(2)33-20(3)24(18)16-31-28(37)23-14-21(30)15-26-25(23)17-32-35(26)22-8-11-34(12-9-22)27(36)7-10-29(4,5)6/h13-15,17,22,33H,3,7-12,16H2,1-2,4-6H3,(H,31,37). The fourth-order valence-corrected chi connectivity index (χ4v) is 5.54. The minimum Gasteiger partial charge on any atom is -0.359 e. The monoisotopic (exact) mass is 567 g/mol. The topological polar surface area (TPSA) is 79.3 Å². The first-order valence-electron chi connectivity index (χ1n) is 13.0. The van der Waals surface area contributed by atoms with Crippen molar-refractivity contribution in [2.75, 3.05) is 19.6 Å². The highest BCUT2D eigenvalue weighted by Crippen LogP contribution is 2.31. The number of aromatic nitrogens is 2. The normalized spacial score (nSPS) is 17.2. The van der Waals surface area contributed by atoms with Gasteiger partial charge in [0.25, 0.3) is 5.91 Å². The molecule has 2 amide bonds. The average Bonchev–Trinajstić information content (AvgIpc) is 3.24. The van der Waals surface area contributed by atoms with E-state index in [-0.39, 0.29) is 23.3 Å². The predicted octanol–water partition coefficient (Wildman–Crippen LogP) is 5.86. The summed E-state index contributed by atoms with van der Waals surface area (Å²) in [5.74, 6) is 0.0942. The van der Waals surface area contributed by atoms with E-state index in [0.717, 1.165) is 70.3 Å². The first-order valence-corrected chi connectivity index (χ1v) is 13.8. The van der Waals surface area contributed by atoms with Crippen molar-refractivity contribution < 1.29 is 9.59 Å². The zero-order valence-corrected chi connectivity index (χ0v) is 24.2. The first-order chi connectivity index (χ1) is 17.4. The van der Waals surface area contributed by atoms with Crippen LogP contribution < -0.4 is 10.6 Å². The molecular formula is C29H38BrN5O2. The van der Waals surface area contributed by atoms with Crippen LogP contribution in [0, 0.1) is 5.41 Å². The number of carbonyl (C=O) groups excluding carboxylic acids is 2. The molecule has 2 aliphatic rings. The van der Waals surface area contributed by atoms with Crippen molar-refractivity contribution in [1.29, 1.82) is 0 Å². The molecule has 3 heterocycles. The highest BCUT2D eigenvalue weighted by molar-refractivity contribution is 9.10. The van der Waals surface area contributed by atoms with Crippen LogP contribution in [0.15, 0.2) is 58.0 Å². The molecule has 1 aromatic heterocycles. The van der Waals surface area contributed by atoms with E-state index in [1.165, 1.54) is 0 Å². The van der Waals surface area contributed by atoms with E-state index in [1.807, 2.05) is 35.6 Å². The lowest BCUT2D eigenvalue weighted by atomic mass is 9.90. The molecule has 7 nitrogen and oxygen atoms in total. The third kappa shape index (κ3) is 6.35. The van der Waals surface area contributed by atoms with Crippen molar-refractivity contribution in [3.8, 4) is 0 Å². The Hall–Kier alpha value is -2.87. The molecule has 2 aliphatic heterocycles. The van der Waals surface area contributed by atoms with Crippen LogP contribution in [0.4, 0.5) is 0 Å². The second kappa shape index (κ2) is 10.9. The summed E-state index contributed by atoms with van der Waals surface area (Å²) in [7, 11) is 0. The lowest BCUT2D eigenvalue weighted by Gasteiger charge is -2.33. The Kier molecular flexibility index (Phi) is 7.97. The molecule has 198 valence electrons. The van der Waals surface area contributed by atoms with Gasteiger partial charge in [0, 0.05) is 47.3 Å². The number of hydrogen-bond acceptors (Lipinski definition) is 4. The zero-order chi connectivity index (χ0) is 26.9. The van der Waals surface area contributed by atoms with Gasteiger partial charge < -0.3 is 15.5 Å². The molecule has 0 atom stereocenters. The minimum absolute atomic E-state index is 0.149. The summed E-state index contributed by atoms with van der Waals surface area (Å²) in [6, 6.07) is 4.06. The Morgan fingerprint density at radius 3 is 2.57 bits per heavy atom. The molecule has 1 aromatic carbocycles. The fourth-order valence-electron chi connectivity index (χ4n) is 5.10. The average molecular weight is 569 g/mol. The molecule has 2 N–H and O–H groups in total. The maximum Gasteiger partial charge on any atom is 0.252 e. The van der Waals surface area contributed by atoms with Crippen LogP contribution in [0.2, 0.25) is 0 Å². The molecular weight excluding hydrogens is 530 g/mol. The molecule has 0 unspecified atom stereocenters. The fraction of sp³-hybridized carbons (Fsp3) is 0.483. The summed E-state index contributed by atoms with van der Waals surface area (Å²) in [5, 5.41) is 11.8. The van der Waals surface area contributed by atoms with Crippen molar-refractivity contribution in [3.63, 3.8) is 0 Å². The number of piperidine rings is 1. The van der Waals surface area contributed by atoms with Crippen LogP contribution in [0.3, 0.4) is 0 Å². The maximum absolute atomic E-state index is 13.3. The predicted molar refractivity (Wildman–Crippen MR) is 152 cm³/mol. The van der Waals surface area contributed by atoms with Gasteiger partial charge in [-0.25, -0.2) is 0 Å². The molecule has 0 aliphatic carbocycles. The Balaban J connectivity index is 1.46. The number of dihydropyridines is 1. The van der Waals surface area contributed by atoms with Gasteiger partial charge in [-0.05, 0) is 67.9 Å². The third-order valence-electron chi connectivity index (χ3n) is 7.22. The molecule has 0 bridgehead atoms. The van der Waals surface area contributed by atoms with Crippen LogP contribution in [0.25, 0.3) is 10.9 Å². The highest BCUT2D eigenvalue weighted by Gasteiger charge is 2.27. The van der Waals surface area contributed by atoms with Crippen LogP contribution in [-0.4, -0.2) is 46.1 Å². The molecule has 37 heavy (non-hydrogen) atoms. The molecule has 1 fully saturated rings. The van der Waals surface area contributed by atoms with Crippen molar-refractivity contribution >= 4 is 38.6 Å². The van der Waals surface area contributed by atoms with E-state index in [0.29, 0.717) is 18.5 Å². The number of halogens is 1. The van der Waals surface area contributed by atoms with Gasteiger partial charge >= 0.3 is 0 Å². The summed E-state index contributed by atoms with van der Waals surface area (Å²) >= 11 is 3.59. The number of carbonyl (C=O) groups is 2. The Labute approximate surface area is 228 Å². The molecule has 8 heteroatoms. The van der Waals surface area contributed by atoms with Crippen LogP contribution >= 0.6 is 15.9 Å². The Morgan fingerprint density at radius 2 is 1.92 bits per heavy atom. The highest BCUT2D eigenvalue weighted by atomic mass is 79.9. The lowest BCUT2D eigenvalue weighted by Crippen LogP contribution is -2.39. The van der Waals surface area contributed by atoms with E-state index in [4.69, 9.17) is 5.10 Å². The van der Waals surface area contributed by atoms with Gasteiger partial charge in [0.1, 0.15) is 0 Å². The number of rotatable bonds is 6. The first kappa shape index (κ1) is 27.2. The molecule has 1 saturated heterocycles. The van der Waals surface area contributed by atoms with Crippen molar-refractivity contribution in [2.45, 2.75) is 66.3 Å². The van der Waals surface area contributed by atoms with E-state index in [1.54, 1.807) is 6.20 Å². The van der Waals surface area contributed by atoms with Crippen LogP contribution in [0.5, 0.6) is 0 Å². The van der Waals surface area contributed by atoms with Crippen molar-refractivity contribution in [2.24, 2.45) is 5.41 Å². The summed E-state index contributed by atoms with van der Waals surface area (Å²) < 4.78 is 2.86. The SMILES string of the molecule is C=C1NC(C)=CC(C)=C1CNC(=O)c1cc(Br)cc2c1cnn2C1CCN(C(=O)CCC(C)(C)C)CC1. The molecule has 0 spiro atoms. The Bertz CT molecular complexity index is 1290. The van der Waals surface area contributed by atoms with Crippen molar-refractivity contribution in [3.05, 3.63) is 63.6 Å². The number of benzene rings is 1. The van der Waals surface area contributed by atoms with Gasteiger partial charge in [0.15, 0.2) is 0 Å². The molecule has 0 saturated carbocycles. The van der Waals surface area contributed by atoms with E-state index >= 15 is 0 Å². The van der Waals surface area contributed by atoms with Gasteiger partial charge in [-0.15, -0.1) is 0 Å². The lowest BCUT2D eigenvalue weighted by molar-refractivity contribution is -0.133. The number of nitrogens with zero attached hydrogens (tertiary/aromatic N) is 3. The molecule has 4 rings (SSSR count). The Morgan fingerprint density at radius 1 is 1.22 bits per heavy atom. The molecule has 0 radical (unpaired) electrons. The van der Waals surface area contributed by atoms with Crippen LogP contribution in [-0.2, 0) is 4.79 Å². The zero-order valence-electron chi connectivity index (χ0n) is 22.6. The second-order valence-electron chi connectivity index (χ2n) is 11.4. The summed E-state index contributed by atoms with van der Waals surface area (Å²) in [4.78, 5) is 27.9. The van der Waals surface area contributed by atoms with Gasteiger partial charge in [0.2, 0.25) is 5.91 Å². The van der Waals surface area contributed by atoms with E-state index in [2.05, 4.69) is 60.0 Å². The maximum atomic E-state index is 13.3. The molecule has 2 aromatic rings. The number of likely N-dealkylation sites (tertiary alicyclic amines) is 1. The number of nitrogens with one attached hydrogen (secondary N) is 2. The van der Waals surface area contributed by atoms with Crippen LogP contribution in [0.1, 0.15) is 76.7 Å². The van der Waals surface area contributed by atoms with Gasteiger partial charge in [-0.2, -0.15) is 5.10 Å². The number of hydrogen-bond donors (Lipinski definition) is 2. The van der Waals surface area contributed by atoms with E-state index < -0.39 is 0 Å². The number of fused-ring (bicyclic) bond motifs is 1. The van der Waals surface area contributed by atoms with Crippen molar-refractivity contribution in [1.82, 2.24) is 25.3 Å². The largest absolute Gasteiger partial charge is 0.359 e. The number of amides is 2. The number of allylic oxidation sites excluding steroid dienone is 3.